The summed E-state index contributed by atoms with van der Waals surface area (Å²) in [5.74, 6) is 0. The maximum Gasteiger partial charge on any atom is 0.163 e. The molecule has 0 aliphatic heterocycles. The van der Waals surface area contributed by atoms with E-state index in [0.717, 1.165) is 10.2 Å². The average molecular weight is 274 g/mol. The topological polar surface area (TPSA) is 48.7 Å². The van der Waals surface area contributed by atoms with Gasteiger partial charge in [0.05, 0.1) is 11.4 Å². The molecule has 0 unspecified atom stereocenters. The summed E-state index contributed by atoms with van der Waals surface area (Å²) in [4.78, 5) is 3.98. The Bertz CT molecular complexity index is 546. The van der Waals surface area contributed by atoms with Gasteiger partial charge in [-0.15, -0.1) is 0 Å². The van der Waals surface area contributed by atoms with Crippen LogP contribution in [0.1, 0.15) is 5.69 Å². The molecular formula is C12H8BrN3. The van der Waals surface area contributed by atoms with Crippen LogP contribution < -0.4 is 5.32 Å². The van der Waals surface area contributed by atoms with Crippen LogP contribution in [0.3, 0.4) is 0 Å². The predicted octanol–water partition coefficient (Wildman–Crippen LogP) is 3.46. The van der Waals surface area contributed by atoms with E-state index in [0.29, 0.717) is 11.4 Å². The molecule has 3 nitrogen and oxygen atoms in total. The van der Waals surface area contributed by atoms with Crippen LogP contribution in [0.2, 0.25) is 0 Å². The summed E-state index contributed by atoms with van der Waals surface area (Å²) in [5.41, 5.74) is 2.00. The molecule has 78 valence electrons. The van der Waals surface area contributed by atoms with Gasteiger partial charge in [0.2, 0.25) is 0 Å². The molecule has 4 heteroatoms. The molecule has 16 heavy (non-hydrogen) atoms. The van der Waals surface area contributed by atoms with Crippen molar-refractivity contribution in [3.63, 3.8) is 0 Å². The number of nitrogens with one attached hydrogen (secondary N) is 1. The first kappa shape index (κ1) is 10.7. The van der Waals surface area contributed by atoms with Gasteiger partial charge < -0.3 is 5.32 Å². The third-order valence-corrected chi connectivity index (χ3v) is 2.75. The number of anilines is 2. The van der Waals surface area contributed by atoms with E-state index in [1.54, 1.807) is 12.3 Å². The normalized spacial score (nSPS) is 9.50. The highest BCUT2D eigenvalue weighted by Crippen LogP contribution is 2.26. The summed E-state index contributed by atoms with van der Waals surface area (Å²) in [6, 6.07) is 13.4. The van der Waals surface area contributed by atoms with Gasteiger partial charge in [-0.1, -0.05) is 12.1 Å². The van der Waals surface area contributed by atoms with E-state index in [4.69, 9.17) is 5.26 Å². The second-order valence-electron chi connectivity index (χ2n) is 3.12. The molecule has 0 atom stereocenters. The van der Waals surface area contributed by atoms with Crippen molar-refractivity contribution in [1.82, 2.24) is 4.98 Å². The number of halogens is 1. The van der Waals surface area contributed by atoms with E-state index in [1.807, 2.05) is 36.4 Å². The van der Waals surface area contributed by atoms with E-state index in [-0.39, 0.29) is 0 Å². The summed E-state index contributed by atoms with van der Waals surface area (Å²) in [5, 5.41) is 12.1. The van der Waals surface area contributed by atoms with Crippen LogP contribution in [0.25, 0.3) is 0 Å². The Morgan fingerprint density at radius 3 is 2.62 bits per heavy atom. The first-order chi connectivity index (χ1) is 7.81. The molecule has 0 spiro atoms. The van der Waals surface area contributed by atoms with Crippen molar-refractivity contribution in [3.8, 4) is 6.07 Å². The summed E-state index contributed by atoms with van der Waals surface area (Å²) in [6.45, 7) is 0. The molecule has 1 N–H and O–H groups in total. The average Bonchev–Trinajstić information content (AvgIpc) is 2.33. The highest BCUT2D eigenvalue weighted by atomic mass is 79.9. The molecule has 0 aliphatic rings. The SMILES string of the molecule is N#Cc1ncccc1Nc1ccccc1Br. The number of pyridine rings is 1. The number of benzene rings is 1. The third-order valence-electron chi connectivity index (χ3n) is 2.06. The van der Waals surface area contributed by atoms with E-state index >= 15 is 0 Å². The van der Waals surface area contributed by atoms with Gasteiger partial charge in [-0.25, -0.2) is 4.98 Å². The van der Waals surface area contributed by atoms with E-state index in [9.17, 15) is 0 Å². The van der Waals surface area contributed by atoms with Crippen molar-refractivity contribution < 1.29 is 0 Å². The minimum atomic E-state index is 0.387. The molecule has 0 amide bonds. The predicted molar refractivity (Wildman–Crippen MR) is 66.4 cm³/mol. The highest BCUT2D eigenvalue weighted by molar-refractivity contribution is 9.10. The van der Waals surface area contributed by atoms with Crippen molar-refractivity contribution in [2.45, 2.75) is 0 Å². The zero-order valence-electron chi connectivity index (χ0n) is 8.31. The Labute approximate surface area is 102 Å². The van der Waals surface area contributed by atoms with Crippen LogP contribution in [0.4, 0.5) is 11.4 Å². The standard InChI is InChI=1S/C12H8BrN3/c13-9-4-1-2-5-10(9)16-11-6-3-7-15-12(11)8-14/h1-7,16H. The number of rotatable bonds is 2. The molecule has 2 rings (SSSR count). The zero-order chi connectivity index (χ0) is 11.4. The molecule has 0 saturated heterocycles. The van der Waals surface area contributed by atoms with Crippen LogP contribution in [0.15, 0.2) is 47.1 Å². The third kappa shape index (κ3) is 2.20. The number of hydrogen-bond donors (Lipinski definition) is 1. The molecule has 1 aromatic carbocycles. The van der Waals surface area contributed by atoms with Crippen molar-refractivity contribution in [1.29, 1.82) is 5.26 Å². The Balaban J connectivity index is 2.35. The van der Waals surface area contributed by atoms with Gasteiger partial charge in [-0.05, 0) is 40.2 Å². The van der Waals surface area contributed by atoms with Crippen LogP contribution in [0, 0.1) is 11.3 Å². The number of nitriles is 1. The Kier molecular flexibility index (Phi) is 3.18. The fraction of sp³-hybridized carbons (Fsp3) is 0. The van der Waals surface area contributed by atoms with Crippen molar-refractivity contribution >= 4 is 27.3 Å². The zero-order valence-corrected chi connectivity index (χ0v) is 9.90. The largest absolute Gasteiger partial charge is 0.352 e. The monoisotopic (exact) mass is 273 g/mol. The molecule has 0 bridgehead atoms. The molecule has 0 radical (unpaired) electrons. The van der Waals surface area contributed by atoms with Crippen molar-refractivity contribution in [3.05, 3.63) is 52.8 Å². The van der Waals surface area contributed by atoms with Gasteiger partial charge >= 0.3 is 0 Å². The lowest BCUT2D eigenvalue weighted by atomic mass is 10.2. The number of aromatic nitrogens is 1. The Morgan fingerprint density at radius 1 is 1.12 bits per heavy atom. The van der Waals surface area contributed by atoms with E-state index in [1.165, 1.54) is 0 Å². The van der Waals surface area contributed by atoms with E-state index < -0.39 is 0 Å². The molecule has 1 heterocycles. The summed E-state index contributed by atoms with van der Waals surface area (Å²) in [6.07, 6.45) is 1.60. The smallest absolute Gasteiger partial charge is 0.163 e. The molecule has 2 aromatic rings. The first-order valence-corrected chi connectivity index (χ1v) is 5.47. The van der Waals surface area contributed by atoms with E-state index in [2.05, 4.69) is 26.2 Å². The van der Waals surface area contributed by atoms with Crippen LogP contribution in [-0.4, -0.2) is 4.98 Å². The lowest BCUT2D eigenvalue weighted by Gasteiger charge is -2.08. The lowest BCUT2D eigenvalue weighted by molar-refractivity contribution is 1.26. The maximum absolute atomic E-state index is 8.90. The second-order valence-corrected chi connectivity index (χ2v) is 3.97. The van der Waals surface area contributed by atoms with Gasteiger partial charge in [0.25, 0.3) is 0 Å². The number of hydrogen-bond acceptors (Lipinski definition) is 3. The minimum Gasteiger partial charge on any atom is -0.352 e. The van der Waals surface area contributed by atoms with Gasteiger partial charge in [0.15, 0.2) is 5.69 Å². The lowest BCUT2D eigenvalue weighted by Crippen LogP contribution is -1.95. The molecular weight excluding hydrogens is 266 g/mol. The van der Waals surface area contributed by atoms with Crippen LogP contribution >= 0.6 is 15.9 Å². The summed E-state index contributed by atoms with van der Waals surface area (Å²) >= 11 is 3.43. The molecule has 0 saturated carbocycles. The Hall–Kier alpha value is -1.86. The van der Waals surface area contributed by atoms with Gasteiger partial charge in [0.1, 0.15) is 6.07 Å². The van der Waals surface area contributed by atoms with Crippen molar-refractivity contribution in [2.75, 3.05) is 5.32 Å². The summed E-state index contributed by atoms with van der Waals surface area (Å²) in [7, 11) is 0. The van der Waals surface area contributed by atoms with Gasteiger partial charge in [-0.2, -0.15) is 5.26 Å². The molecule has 0 fully saturated rings. The number of para-hydroxylation sites is 1. The number of nitrogens with zero attached hydrogens (tertiary/aromatic N) is 2. The van der Waals surface area contributed by atoms with Gasteiger partial charge in [0, 0.05) is 10.7 Å². The maximum atomic E-state index is 8.90. The summed E-state index contributed by atoms with van der Waals surface area (Å²) < 4.78 is 0.947. The van der Waals surface area contributed by atoms with Crippen molar-refractivity contribution in [2.24, 2.45) is 0 Å². The Morgan fingerprint density at radius 2 is 1.88 bits per heavy atom. The molecule has 1 aromatic heterocycles. The first-order valence-electron chi connectivity index (χ1n) is 4.68. The quantitative estimate of drug-likeness (QED) is 0.912. The fourth-order valence-corrected chi connectivity index (χ4v) is 1.69. The fourth-order valence-electron chi connectivity index (χ4n) is 1.30. The van der Waals surface area contributed by atoms with Gasteiger partial charge in [-0.3, -0.25) is 0 Å². The minimum absolute atomic E-state index is 0.387. The van der Waals surface area contributed by atoms with Crippen LogP contribution in [0.5, 0.6) is 0 Å². The second kappa shape index (κ2) is 4.77. The highest BCUT2D eigenvalue weighted by Gasteiger charge is 2.04. The van der Waals surface area contributed by atoms with Crippen LogP contribution in [-0.2, 0) is 0 Å². The molecule has 0 aliphatic carbocycles.